The number of amides is 1. The van der Waals surface area contributed by atoms with E-state index in [1.54, 1.807) is 6.08 Å². The van der Waals surface area contributed by atoms with E-state index in [0.29, 0.717) is 17.4 Å². The number of carbonyl (C=O) groups excluding carboxylic acids is 1. The minimum atomic E-state index is -4.59. The zero-order valence-corrected chi connectivity index (χ0v) is 50.5. The van der Waals surface area contributed by atoms with Gasteiger partial charge in [-0.3, -0.25) is 9.36 Å². The number of hydrogen-bond donors (Lipinski definition) is 2. The topological polar surface area (TPSA) is 108 Å². The number of carbonyl (C=O) groups is 1. The average Bonchev–Trinajstić information content (AvgIpc) is 3.35. The average molecular weight is 1050 g/mol. The molecule has 9 heteroatoms. The predicted molar refractivity (Wildman–Crippen MR) is 316 cm³/mol. The molecule has 0 saturated heterocycles. The molecule has 434 valence electrons. The Balaban J connectivity index is 3.84. The number of hydrogen-bond acceptors (Lipinski definition) is 6. The van der Waals surface area contributed by atoms with E-state index < -0.39 is 20.0 Å². The van der Waals surface area contributed by atoms with Gasteiger partial charge in [0.05, 0.1) is 39.9 Å². The maximum atomic E-state index is 12.9. The number of nitrogens with one attached hydrogen (secondary N) is 1. The minimum absolute atomic E-state index is 0.00116. The molecule has 0 fully saturated rings. The molecular formula is C64H127N2O6P. The fourth-order valence-electron chi connectivity index (χ4n) is 9.86. The second kappa shape index (κ2) is 55.7. The summed E-state index contributed by atoms with van der Waals surface area (Å²) in [6.07, 6.45) is 71.7. The first-order chi connectivity index (χ1) is 35.5. The molecule has 2 N–H and O–H groups in total. The lowest BCUT2D eigenvalue weighted by Crippen LogP contribution is -2.45. The summed E-state index contributed by atoms with van der Waals surface area (Å²) in [4.78, 5) is 25.5. The van der Waals surface area contributed by atoms with Crippen molar-refractivity contribution in [3.8, 4) is 0 Å². The van der Waals surface area contributed by atoms with Gasteiger partial charge < -0.3 is 28.8 Å². The number of aliphatic hydroxyl groups is 1. The molecule has 1 amide bonds. The van der Waals surface area contributed by atoms with Crippen molar-refractivity contribution >= 4 is 13.7 Å². The third-order valence-corrected chi connectivity index (χ3v) is 15.9. The van der Waals surface area contributed by atoms with E-state index in [1.807, 2.05) is 27.2 Å². The molecule has 0 aliphatic carbocycles. The second-order valence-electron chi connectivity index (χ2n) is 23.5. The van der Waals surface area contributed by atoms with E-state index in [9.17, 15) is 19.4 Å². The first-order valence-electron chi connectivity index (χ1n) is 32.2. The van der Waals surface area contributed by atoms with Gasteiger partial charge in [-0.2, -0.15) is 0 Å². The molecule has 3 atom stereocenters. The molecule has 0 bridgehead atoms. The van der Waals surface area contributed by atoms with E-state index in [1.165, 1.54) is 270 Å². The van der Waals surface area contributed by atoms with Crippen LogP contribution in [-0.2, 0) is 18.4 Å². The summed E-state index contributed by atoms with van der Waals surface area (Å²) in [5.41, 5.74) is 0. The molecule has 0 radical (unpaired) electrons. The van der Waals surface area contributed by atoms with Gasteiger partial charge in [0.1, 0.15) is 13.2 Å². The van der Waals surface area contributed by atoms with Crippen molar-refractivity contribution in [3.63, 3.8) is 0 Å². The van der Waals surface area contributed by atoms with E-state index in [4.69, 9.17) is 9.05 Å². The molecule has 73 heavy (non-hydrogen) atoms. The Kier molecular flexibility index (Phi) is 54.9. The molecule has 0 aromatic heterocycles. The van der Waals surface area contributed by atoms with E-state index in [-0.39, 0.29) is 19.1 Å². The van der Waals surface area contributed by atoms with Gasteiger partial charge in [0.15, 0.2) is 0 Å². The molecule has 8 nitrogen and oxygen atoms in total. The Morgan fingerprint density at radius 3 is 1.07 bits per heavy atom. The standard InChI is InChI=1S/C64H127N2O6P/c1-6-8-10-12-14-16-18-20-21-22-23-24-25-26-27-28-29-30-31-32-33-34-35-36-37-38-39-40-41-42-43-44-45-46-48-50-52-54-56-58-64(68)65-62(61-72-73(69,70)71-60-59-66(3,4)5)63(67)57-55-53-51-49-47-19-17-15-13-11-9-7-2/h32-33,55,57,62-63,67H,6-31,34-54,56,58-61H2,1-5H3,(H-,65,68,69,70)/b33-32-,57-55+. The van der Waals surface area contributed by atoms with Crippen molar-refractivity contribution in [1.82, 2.24) is 5.32 Å². The van der Waals surface area contributed by atoms with Crippen LogP contribution in [0.15, 0.2) is 24.3 Å². The number of aliphatic hydroxyl groups excluding tert-OH is 1. The van der Waals surface area contributed by atoms with E-state index in [0.717, 1.165) is 38.5 Å². The van der Waals surface area contributed by atoms with Crippen LogP contribution < -0.4 is 10.2 Å². The minimum Gasteiger partial charge on any atom is -0.756 e. The van der Waals surface area contributed by atoms with Crippen LogP contribution in [0.25, 0.3) is 0 Å². The number of phosphoric acid groups is 1. The van der Waals surface area contributed by atoms with Gasteiger partial charge in [0.25, 0.3) is 7.82 Å². The summed E-state index contributed by atoms with van der Waals surface area (Å²) in [6, 6.07) is -0.883. The number of quaternary nitrogens is 1. The smallest absolute Gasteiger partial charge is 0.268 e. The Labute approximate surface area is 455 Å². The second-order valence-corrected chi connectivity index (χ2v) is 24.9. The van der Waals surface area contributed by atoms with Crippen LogP contribution in [0.1, 0.15) is 328 Å². The number of rotatable bonds is 60. The highest BCUT2D eigenvalue weighted by Gasteiger charge is 2.23. The lowest BCUT2D eigenvalue weighted by molar-refractivity contribution is -0.870. The Morgan fingerprint density at radius 1 is 0.466 bits per heavy atom. The molecule has 0 aromatic carbocycles. The first-order valence-corrected chi connectivity index (χ1v) is 33.7. The fourth-order valence-corrected chi connectivity index (χ4v) is 10.6. The maximum Gasteiger partial charge on any atom is 0.268 e. The first kappa shape index (κ1) is 72.0. The molecule has 0 aliphatic heterocycles. The molecule has 0 rings (SSSR count). The van der Waals surface area contributed by atoms with Crippen molar-refractivity contribution in [2.45, 2.75) is 341 Å². The molecule has 0 heterocycles. The highest BCUT2D eigenvalue weighted by molar-refractivity contribution is 7.45. The summed E-state index contributed by atoms with van der Waals surface area (Å²) >= 11 is 0. The summed E-state index contributed by atoms with van der Waals surface area (Å²) in [6.45, 7) is 4.68. The van der Waals surface area contributed by atoms with Crippen molar-refractivity contribution in [2.24, 2.45) is 0 Å². The largest absolute Gasteiger partial charge is 0.756 e. The Hall–Kier alpha value is -1.02. The lowest BCUT2D eigenvalue weighted by Gasteiger charge is -2.29. The lowest BCUT2D eigenvalue weighted by atomic mass is 10.0. The number of phosphoric ester groups is 1. The maximum absolute atomic E-state index is 12.9. The van der Waals surface area contributed by atoms with Gasteiger partial charge in [0.2, 0.25) is 5.91 Å². The van der Waals surface area contributed by atoms with Gasteiger partial charge in [-0.15, -0.1) is 0 Å². The molecule has 3 unspecified atom stereocenters. The quantitative estimate of drug-likeness (QED) is 0.0272. The number of likely N-dealkylation sites (N-methyl/N-ethyl adjacent to an activating group) is 1. The van der Waals surface area contributed by atoms with Gasteiger partial charge in [-0.05, 0) is 44.9 Å². The highest BCUT2D eigenvalue weighted by Crippen LogP contribution is 2.38. The SMILES string of the molecule is CCCCCCCCCCCC/C=C/C(O)C(COP(=O)([O-])OCC[N+](C)(C)C)NC(=O)CCCCCCCCCCCCCCCCCCC/C=C\CCCCCCCCCCCCCCCCCCCC. The normalized spacial score (nSPS) is 13.9. The van der Waals surface area contributed by atoms with Crippen LogP contribution >= 0.6 is 7.82 Å². The van der Waals surface area contributed by atoms with Gasteiger partial charge in [0, 0.05) is 6.42 Å². The van der Waals surface area contributed by atoms with Crippen LogP contribution in [0.5, 0.6) is 0 Å². The molecule has 0 aromatic rings. The van der Waals surface area contributed by atoms with Gasteiger partial charge >= 0.3 is 0 Å². The Bertz CT molecular complexity index is 1240. The summed E-state index contributed by atoms with van der Waals surface area (Å²) in [7, 11) is 1.27. The third-order valence-electron chi connectivity index (χ3n) is 14.9. The van der Waals surface area contributed by atoms with Crippen molar-refractivity contribution in [2.75, 3.05) is 40.9 Å². The van der Waals surface area contributed by atoms with E-state index in [2.05, 4.69) is 31.3 Å². The summed E-state index contributed by atoms with van der Waals surface area (Å²) in [5, 5.41) is 13.8. The number of unbranched alkanes of at least 4 members (excludes halogenated alkanes) is 45. The van der Waals surface area contributed by atoms with Crippen LogP contribution in [-0.4, -0.2) is 68.5 Å². The van der Waals surface area contributed by atoms with Gasteiger partial charge in [-0.25, -0.2) is 0 Å². The monoisotopic (exact) mass is 1050 g/mol. The van der Waals surface area contributed by atoms with Crippen LogP contribution in [0.2, 0.25) is 0 Å². The fraction of sp³-hybridized carbons (Fsp3) is 0.922. The summed E-state index contributed by atoms with van der Waals surface area (Å²) in [5.74, 6) is -0.193. The molecular weight excluding hydrogens is 924 g/mol. The Morgan fingerprint density at radius 2 is 0.753 bits per heavy atom. The molecule has 0 saturated carbocycles. The zero-order chi connectivity index (χ0) is 53.5. The van der Waals surface area contributed by atoms with Crippen LogP contribution in [0.3, 0.4) is 0 Å². The van der Waals surface area contributed by atoms with Crippen molar-refractivity contribution in [3.05, 3.63) is 24.3 Å². The number of nitrogens with zero attached hydrogens (tertiary/aromatic N) is 1. The van der Waals surface area contributed by atoms with Crippen LogP contribution in [0, 0.1) is 0 Å². The van der Waals surface area contributed by atoms with E-state index >= 15 is 0 Å². The summed E-state index contributed by atoms with van der Waals surface area (Å²) < 4.78 is 23.3. The van der Waals surface area contributed by atoms with Crippen LogP contribution in [0.4, 0.5) is 0 Å². The highest BCUT2D eigenvalue weighted by atomic mass is 31.2. The third kappa shape index (κ3) is 58.5. The van der Waals surface area contributed by atoms with Crippen molar-refractivity contribution in [1.29, 1.82) is 0 Å². The number of allylic oxidation sites excluding steroid dienone is 3. The molecule has 0 aliphatic rings. The van der Waals surface area contributed by atoms with Gasteiger partial charge in [-0.1, -0.05) is 301 Å². The predicted octanol–water partition coefficient (Wildman–Crippen LogP) is 19.3. The zero-order valence-electron chi connectivity index (χ0n) is 49.6. The molecule has 0 spiro atoms. The van der Waals surface area contributed by atoms with Crippen molar-refractivity contribution < 1.29 is 32.9 Å².